The molecule has 2 heterocycles. The molecule has 2 aromatic rings. The lowest BCUT2D eigenvalue weighted by Gasteiger charge is -2.12. The Labute approximate surface area is 156 Å². The van der Waals surface area contributed by atoms with Crippen LogP contribution in [-0.2, 0) is 6.42 Å². The van der Waals surface area contributed by atoms with E-state index in [1.807, 2.05) is 30.1 Å². The number of hydrogen-bond acceptors (Lipinski definition) is 4. The highest BCUT2D eigenvalue weighted by molar-refractivity contribution is 9.09. The third-order valence-electron chi connectivity index (χ3n) is 3.85. The van der Waals surface area contributed by atoms with Gasteiger partial charge in [-0.15, -0.1) is 11.8 Å². The van der Waals surface area contributed by atoms with Gasteiger partial charge in [0.2, 0.25) is 0 Å². The van der Waals surface area contributed by atoms with Gasteiger partial charge < -0.3 is 10.1 Å². The number of rotatable bonds is 6. The van der Waals surface area contributed by atoms with Crippen molar-refractivity contribution in [3.8, 4) is 5.75 Å². The van der Waals surface area contributed by atoms with Crippen molar-refractivity contribution in [3.63, 3.8) is 0 Å². The summed E-state index contributed by atoms with van der Waals surface area (Å²) in [4.78, 5) is 4.58. The maximum atomic E-state index is 5.88. The first-order valence-corrected chi connectivity index (χ1v) is 10.2. The predicted molar refractivity (Wildman–Crippen MR) is 106 cm³/mol. The van der Waals surface area contributed by atoms with Crippen LogP contribution >= 0.6 is 27.7 Å². The molecule has 0 saturated carbocycles. The van der Waals surface area contributed by atoms with Gasteiger partial charge in [0.15, 0.2) is 0 Å². The number of ether oxygens (including phenoxy) is 1. The number of halogens is 1. The molecule has 3 rings (SSSR count). The van der Waals surface area contributed by atoms with E-state index in [4.69, 9.17) is 4.74 Å². The molecule has 1 aliphatic heterocycles. The van der Waals surface area contributed by atoms with Crippen LogP contribution in [0.3, 0.4) is 0 Å². The van der Waals surface area contributed by atoms with Crippen LogP contribution in [0.2, 0.25) is 0 Å². The fourth-order valence-electron chi connectivity index (χ4n) is 2.40. The van der Waals surface area contributed by atoms with Crippen molar-refractivity contribution >= 4 is 33.8 Å². The average Bonchev–Trinajstić information content (AvgIpc) is 3.14. The smallest absolute Gasteiger partial charge is 0.119 e. The molecule has 1 aromatic heterocycles. The first kappa shape index (κ1) is 17.4. The van der Waals surface area contributed by atoms with Gasteiger partial charge in [0.25, 0.3) is 0 Å². The summed E-state index contributed by atoms with van der Waals surface area (Å²) in [5, 5.41) is 3.37. The Morgan fingerprint density at radius 2 is 2.12 bits per heavy atom. The average molecular weight is 405 g/mol. The number of aromatic nitrogens is 1. The summed E-state index contributed by atoms with van der Waals surface area (Å²) in [5.41, 5.74) is 4.73. The van der Waals surface area contributed by atoms with E-state index < -0.39 is 0 Å². The lowest BCUT2D eigenvalue weighted by molar-refractivity contribution is 0.319. The fraction of sp³-hybridized carbons (Fsp3) is 0.316. The Kier molecular flexibility index (Phi) is 6.21. The van der Waals surface area contributed by atoms with E-state index in [0.29, 0.717) is 6.61 Å². The molecule has 1 N–H and O–H groups in total. The summed E-state index contributed by atoms with van der Waals surface area (Å²) in [6.45, 7) is 2.68. The minimum absolute atomic E-state index is 0.0879. The van der Waals surface area contributed by atoms with Gasteiger partial charge in [0.1, 0.15) is 12.4 Å². The molecule has 0 aliphatic carbocycles. The minimum Gasteiger partial charge on any atom is -0.492 e. The molecular formula is C19H21BrN2OS. The SMILES string of the molecule is CCc1ccc(C(Br)COc2ccc(/C=C3/CSCN3)cc2)nc1. The summed E-state index contributed by atoms with van der Waals surface area (Å²) in [6, 6.07) is 12.4. The topological polar surface area (TPSA) is 34.1 Å². The summed E-state index contributed by atoms with van der Waals surface area (Å²) in [5.74, 6) is 2.95. The summed E-state index contributed by atoms with van der Waals surface area (Å²) >= 11 is 5.56. The van der Waals surface area contributed by atoms with Crippen LogP contribution < -0.4 is 10.1 Å². The normalized spacial score (nSPS) is 16.8. The number of nitrogens with zero attached hydrogens (tertiary/aromatic N) is 1. The maximum absolute atomic E-state index is 5.88. The van der Waals surface area contributed by atoms with Gasteiger partial charge in [-0.05, 0) is 41.8 Å². The van der Waals surface area contributed by atoms with Gasteiger partial charge in [0, 0.05) is 17.6 Å². The predicted octanol–water partition coefficient (Wildman–Crippen LogP) is 4.79. The summed E-state index contributed by atoms with van der Waals surface area (Å²) in [6.07, 6.45) is 5.13. The standard InChI is InChI=1S/C19H21BrN2OS/c1-2-14-5-8-19(21-10-14)18(20)11-23-17-6-3-15(4-7-17)9-16-12-24-13-22-16/h3-10,18,22H,2,11-13H2,1H3/b16-9-. The Morgan fingerprint density at radius 1 is 1.29 bits per heavy atom. The van der Waals surface area contributed by atoms with Crippen molar-refractivity contribution in [2.24, 2.45) is 0 Å². The number of aryl methyl sites for hydroxylation is 1. The Balaban J connectivity index is 1.54. The van der Waals surface area contributed by atoms with Gasteiger partial charge >= 0.3 is 0 Å². The molecule has 1 fully saturated rings. The zero-order valence-electron chi connectivity index (χ0n) is 13.7. The number of hydrogen-bond donors (Lipinski definition) is 1. The van der Waals surface area contributed by atoms with E-state index >= 15 is 0 Å². The molecule has 1 unspecified atom stereocenters. The lowest BCUT2D eigenvalue weighted by Crippen LogP contribution is -2.06. The number of benzene rings is 1. The molecule has 0 amide bonds. The molecule has 5 heteroatoms. The van der Waals surface area contributed by atoms with Crippen molar-refractivity contribution in [2.45, 2.75) is 18.2 Å². The highest BCUT2D eigenvalue weighted by Crippen LogP contribution is 2.23. The Morgan fingerprint density at radius 3 is 2.75 bits per heavy atom. The van der Waals surface area contributed by atoms with Crippen molar-refractivity contribution in [1.29, 1.82) is 0 Å². The summed E-state index contributed by atoms with van der Waals surface area (Å²) in [7, 11) is 0. The first-order valence-electron chi connectivity index (χ1n) is 8.08. The molecule has 1 aliphatic rings. The van der Waals surface area contributed by atoms with Gasteiger partial charge in [-0.2, -0.15) is 0 Å². The highest BCUT2D eigenvalue weighted by atomic mass is 79.9. The molecule has 0 radical (unpaired) electrons. The molecule has 0 spiro atoms. The van der Waals surface area contributed by atoms with Crippen molar-refractivity contribution in [3.05, 3.63) is 65.1 Å². The molecule has 1 aromatic carbocycles. The quantitative estimate of drug-likeness (QED) is 0.701. The van der Waals surface area contributed by atoms with E-state index in [0.717, 1.165) is 29.5 Å². The van der Waals surface area contributed by atoms with Crippen LogP contribution in [0.15, 0.2) is 48.3 Å². The molecule has 1 atom stereocenters. The van der Waals surface area contributed by atoms with Crippen molar-refractivity contribution in [2.75, 3.05) is 18.2 Å². The number of alkyl halides is 1. The Bertz CT molecular complexity index is 678. The lowest BCUT2D eigenvalue weighted by atomic mass is 10.2. The number of nitrogens with one attached hydrogen (secondary N) is 1. The van der Waals surface area contributed by atoms with Crippen LogP contribution in [0.25, 0.3) is 6.08 Å². The van der Waals surface area contributed by atoms with Crippen LogP contribution in [0.1, 0.15) is 28.6 Å². The molecule has 126 valence electrons. The monoisotopic (exact) mass is 404 g/mol. The molecule has 1 saturated heterocycles. The van der Waals surface area contributed by atoms with Crippen LogP contribution in [-0.4, -0.2) is 23.2 Å². The second-order valence-corrected chi connectivity index (χ2v) is 7.72. The van der Waals surface area contributed by atoms with E-state index in [1.165, 1.54) is 16.8 Å². The van der Waals surface area contributed by atoms with Gasteiger partial charge in [0.05, 0.1) is 16.4 Å². The number of thioether (sulfide) groups is 1. The van der Waals surface area contributed by atoms with Gasteiger partial charge in [-0.1, -0.05) is 41.1 Å². The van der Waals surface area contributed by atoms with E-state index in [9.17, 15) is 0 Å². The summed E-state index contributed by atoms with van der Waals surface area (Å²) < 4.78 is 5.88. The van der Waals surface area contributed by atoms with E-state index in [2.05, 4.69) is 63.5 Å². The maximum Gasteiger partial charge on any atom is 0.119 e. The second kappa shape index (κ2) is 8.58. The fourth-order valence-corrected chi connectivity index (χ4v) is 3.59. The zero-order chi connectivity index (χ0) is 16.8. The Hall–Kier alpha value is -1.46. The largest absolute Gasteiger partial charge is 0.492 e. The number of pyridine rings is 1. The molecule has 24 heavy (non-hydrogen) atoms. The van der Waals surface area contributed by atoms with Crippen LogP contribution in [0, 0.1) is 0 Å². The zero-order valence-corrected chi connectivity index (χ0v) is 16.1. The third-order valence-corrected chi connectivity index (χ3v) is 5.45. The van der Waals surface area contributed by atoms with E-state index in [-0.39, 0.29) is 4.83 Å². The van der Waals surface area contributed by atoms with Crippen LogP contribution in [0.5, 0.6) is 5.75 Å². The third kappa shape index (κ3) is 4.77. The first-order chi connectivity index (χ1) is 11.7. The van der Waals surface area contributed by atoms with E-state index in [1.54, 1.807) is 0 Å². The van der Waals surface area contributed by atoms with Gasteiger partial charge in [-0.3, -0.25) is 4.98 Å². The van der Waals surface area contributed by atoms with Crippen molar-refractivity contribution in [1.82, 2.24) is 10.3 Å². The molecule has 3 nitrogen and oxygen atoms in total. The van der Waals surface area contributed by atoms with Crippen molar-refractivity contribution < 1.29 is 4.74 Å². The van der Waals surface area contributed by atoms with Crippen LogP contribution in [0.4, 0.5) is 0 Å². The molecule has 0 bridgehead atoms. The second-order valence-electron chi connectivity index (χ2n) is 5.63. The van der Waals surface area contributed by atoms with Gasteiger partial charge in [-0.25, -0.2) is 0 Å². The minimum atomic E-state index is 0.0879. The highest BCUT2D eigenvalue weighted by Gasteiger charge is 2.10. The molecular weight excluding hydrogens is 384 g/mol.